The molecule has 1 aliphatic carbocycles. The van der Waals surface area contributed by atoms with Crippen molar-refractivity contribution in [3.8, 4) is 0 Å². The second-order valence-electron chi connectivity index (χ2n) is 6.85. The van der Waals surface area contributed by atoms with Crippen molar-refractivity contribution in [2.45, 2.75) is 39.3 Å². The molecule has 0 radical (unpaired) electrons. The molecule has 2 rings (SSSR count). The maximum atomic E-state index is 4.91. The molecule has 1 atom stereocenters. The number of guanidine groups is 1. The largest absolute Gasteiger partial charge is 0.357 e. The van der Waals surface area contributed by atoms with Crippen LogP contribution in [-0.4, -0.2) is 56.0 Å². The summed E-state index contributed by atoms with van der Waals surface area (Å²) in [7, 11) is 6.46. The summed E-state index contributed by atoms with van der Waals surface area (Å²) in [5, 5.41) is 3.43. The number of aryl methyl sites for hydroxylation is 1. The molecule has 1 aliphatic rings. The highest BCUT2D eigenvalue weighted by Gasteiger charge is 2.32. The first-order chi connectivity index (χ1) is 11.0. The average molecular weight is 444 g/mol. The van der Waals surface area contributed by atoms with Gasteiger partial charge in [0.05, 0.1) is 6.54 Å². The number of hydrogen-bond donors (Lipinski definition) is 1. The average Bonchev–Trinajstić information content (AvgIpc) is 3.33. The van der Waals surface area contributed by atoms with Crippen LogP contribution in [0.3, 0.4) is 0 Å². The van der Waals surface area contributed by atoms with Gasteiger partial charge in [-0.15, -0.1) is 24.0 Å². The van der Waals surface area contributed by atoms with E-state index in [4.69, 9.17) is 4.99 Å². The second kappa shape index (κ2) is 10.2. The Hall–Kier alpha value is -0.820. The molecule has 1 saturated carbocycles. The molecule has 1 unspecified atom stereocenters. The van der Waals surface area contributed by atoms with Crippen LogP contribution < -0.4 is 5.32 Å². The highest BCUT2D eigenvalue weighted by Crippen LogP contribution is 2.34. The molecule has 0 saturated heterocycles. The number of nitrogens with zero attached hydrogens (tertiary/aromatic N) is 3. The van der Waals surface area contributed by atoms with Crippen LogP contribution in [0, 0.1) is 12.8 Å². The van der Waals surface area contributed by atoms with Gasteiger partial charge in [0, 0.05) is 26.2 Å². The second-order valence-corrected chi connectivity index (χ2v) is 6.85. The molecule has 1 N–H and O–H groups in total. The maximum Gasteiger partial charge on any atom is 0.194 e. The maximum absolute atomic E-state index is 4.91. The summed E-state index contributed by atoms with van der Waals surface area (Å²) in [4.78, 5) is 9.46. The third-order valence-corrected chi connectivity index (χ3v) is 4.62. The minimum atomic E-state index is 0. The van der Waals surface area contributed by atoms with Crippen LogP contribution in [0.1, 0.15) is 30.9 Å². The molecule has 1 aromatic carbocycles. The summed E-state index contributed by atoms with van der Waals surface area (Å²) in [6, 6.07) is 9.13. The summed E-state index contributed by atoms with van der Waals surface area (Å²) < 4.78 is 0. The molecule has 0 spiro atoms. The topological polar surface area (TPSA) is 30.9 Å². The van der Waals surface area contributed by atoms with E-state index in [-0.39, 0.29) is 24.0 Å². The zero-order valence-corrected chi connectivity index (χ0v) is 18.1. The molecular formula is C19H33IN4. The van der Waals surface area contributed by atoms with Crippen LogP contribution in [0.15, 0.2) is 29.3 Å². The van der Waals surface area contributed by atoms with Gasteiger partial charge in [0.2, 0.25) is 0 Å². The number of hydrogen-bond acceptors (Lipinski definition) is 2. The van der Waals surface area contributed by atoms with Crippen LogP contribution in [-0.2, 0) is 6.54 Å². The fraction of sp³-hybridized carbons (Fsp3) is 0.632. The summed E-state index contributed by atoms with van der Waals surface area (Å²) in [6.07, 6.45) is 2.71. The molecule has 0 aromatic heterocycles. The monoisotopic (exact) mass is 444 g/mol. The number of halogens is 1. The highest BCUT2D eigenvalue weighted by atomic mass is 127. The van der Waals surface area contributed by atoms with Gasteiger partial charge in [-0.25, -0.2) is 0 Å². The Kier molecular flexibility index (Phi) is 9.05. The Morgan fingerprint density at radius 3 is 2.46 bits per heavy atom. The molecule has 136 valence electrons. The Morgan fingerprint density at radius 1 is 1.25 bits per heavy atom. The van der Waals surface area contributed by atoms with Gasteiger partial charge in [0.25, 0.3) is 0 Å². The minimum absolute atomic E-state index is 0. The number of rotatable bonds is 7. The van der Waals surface area contributed by atoms with E-state index in [1.54, 1.807) is 0 Å². The van der Waals surface area contributed by atoms with Gasteiger partial charge in [-0.05, 0) is 57.8 Å². The number of benzene rings is 1. The van der Waals surface area contributed by atoms with Crippen molar-refractivity contribution in [1.29, 1.82) is 0 Å². The molecule has 24 heavy (non-hydrogen) atoms. The van der Waals surface area contributed by atoms with Gasteiger partial charge in [-0.2, -0.15) is 0 Å². The van der Waals surface area contributed by atoms with E-state index in [2.05, 4.69) is 74.4 Å². The van der Waals surface area contributed by atoms with Gasteiger partial charge in [0.1, 0.15) is 0 Å². The smallest absolute Gasteiger partial charge is 0.194 e. The standard InChI is InChI=1S/C19H32N4.HI/c1-6-20-19(21-13-18(22(3)4)16-11-12-16)23(5)14-17-10-8-7-9-15(17)2;/h7-10,16,18H,6,11-14H2,1-5H3,(H,20,21);1H. The SMILES string of the molecule is CCNC(=NCC(C1CC1)N(C)C)N(C)Cc1ccccc1C.I. The fourth-order valence-electron chi connectivity index (χ4n) is 2.98. The third-order valence-electron chi connectivity index (χ3n) is 4.62. The normalized spacial score (nSPS) is 15.8. The van der Waals surface area contributed by atoms with Crippen LogP contribution >= 0.6 is 24.0 Å². The predicted octanol–water partition coefficient (Wildman–Crippen LogP) is 3.35. The van der Waals surface area contributed by atoms with E-state index < -0.39 is 0 Å². The quantitative estimate of drug-likeness (QED) is 0.398. The number of nitrogens with one attached hydrogen (secondary N) is 1. The lowest BCUT2D eigenvalue weighted by Crippen LogP contribution is -2.40. The van der Waals surface area contributed by atoms with Crippen molar-refractivity contribution in [3.63, 3.8) is 0 Å². The van der Waals surface area contributed by atoms with Crippen molar-refractivity contribution in [2.75, 3.05) is 34.2 Å². The summed E-state index contributed by atoms with van der Waals surface area (Å²) in [6.45, 7) is 6.95. The summed E-state index contributed by atoms with van der Waals surface area (Å²) in [5.74, 6) is 1.83. The molecule has 0 heterocycles. The van der Waals surface area contributed by atoms with Crippen LogP contribution in [0.5, 0.6) is 0 Å². The molecule has 1 fully saturated rings. The molecular weight excluding hydrogens is 411 g/mol. The van der Waals surface area contributed by atoms with E-state index in [9.17, 15) is 0 Å². The van der Waals surface area contributed by atoms with E-state index in [1.807, 2.05) is 0 Å². The Balaban J connectivity index is 0.00000288. The van der Waals surface area contributed by atoms with Crippen LogP contribution in [0.4, 0.5) is 0 Å². The van der Waals surface area contributed by atoms with E-state index in [0.717, 1.165) is 31.5 Å². The summed E-state index contributed by atoms with van der Waals surface area (Å²) >= 11 is 0. The third kappa shape index (κ3) is 6.24. The van der Waals surface area contributed by atoms with Crippen molar-refractivity contribution in [1.82, 2.24) is 15.1 Å². The number of likely N-dealkylation sites (N-methyl/N-ethyl adjacent to an activating group) is 1. The van der Waals surface area contributed by atoms with Crippen molar-refractivity contribution in [2.24, 2.45) is 10.9 Å². The van der Waals surface area contributed by atoms with E-state index >= 15 is 0 Å². The highest BCUT2D eigenvalue weighted by molar-refractivity contribution is 14.0. The molecule has 0 aliphatic heterocycles. The lowest BCUT2D eigenvalue weighted by atomic mass is 10.1. The molecule has 0 amide bonds. The lowest BCUT2D eigenvalue weighted by Gasteiger charge is -2.26. The minimum Gasteiger partial charge on any atom is -0.357 e. The fourth-order valence-corrected chi connectivity index (χ4v) is 2.98. The van der Waals surface area contributed by atoms with E-state index in [1.165, 1.54) is 24.0 Å². The van der Waals surface area contributed by atoms with Crippen LogP contribution in [0.2, 0.25) is 0 Å². The molecule has 1 aromatic rings. The van der Waals surface area contributed by atoms with Gasteiger partial charge >= 0.3 is 0 Å². The zero-order chi connectivity index (χ0) is 16.8. The Labute approximate surface area is 164 Å². The van der Waals surface area contributed by atoms with Gasteiger partial charge in [-0.1, -0.05) is 24.3 Å². The van der Waals surface area contributed by atoms with E-state index in [0.29, 0.717) is 6.04 Å². The van der Waals surface area contributed by atoms with Gasteiger partial charge in [-0.3, -0.25) is 4.99 Å². The molecule has 0 bridgehead atoms. The van der Waals surface area contributed by atoms with Gasteiger partial charge in [0.15, 0.2) is 5.96 Å². The molecule has 5 heteroatoms. The summed E-state index contributed by atoms with van der Waals surface area (Å²) in [5.41, 5.74) is 2.69. The number of aliphatic imine (C=N–C) groups is 1. The predicted molar refractivity (Wildman–Crippen MR) is 114 cm³/mol. The first-order valence-corrected chi connectivity index (χ1v) is 8.73. The van der Waals surface area contributed by atoms with Crippen molar-refractivity contribution >= 4 is 29.9 Å². The molecule has 4 nitrogen and oxygen atoms in total. The first-order valence-electron chi connectivity index (χ1n) is 8.73. The van der Waals surface area contributed by atoms with Gasteiger partial charge < -0.3 is 15.1 Å². The van der Waals surface area contributed by atoms with Crippen molar-refractivity contribution < 1.29 is 0 Å². The zero-order valence-electron chi connectivity index (χ0n) is 15.7. The van der Waals surface area contributed by atoms with Crippen molar-refractivity contribution in [3.05, 3.63) is 35.4 Å². The Bertz CT molecular complexity index is 524. The van der Waals surface area contributed by atoms with Crippen LogP contribution in [0.25, 0.3) is 0 Å². The first kappa shape index (κ1) is 21.2. The lowest BCUT2D eigenvalue weighted by molar-refractivity contribution is 0.270. The Morgan fingerprint density at radius 2 is 1.92 bits per heavy atom.